The van der Waals surface area contributed by atoms with E-state index in [1.807, 2.05) is 6.92 Å². The van der Waals surface area contributed by atoms with Crippen molar-refractivity contribution in [3.63, 3.8) is 0 Å². The Labute approximate surface area is 84.5 Å². The molecule has 2 N–H and O–H groups in total. The van der Waals surface area contributed by atoms with Gasteiger partial charge in [0, 0.05) is 16.5 Å². The Balaban J connectivity index is 2.81. The lowest BCUT2D eigenvalue weighted by atomic mass is 10.1. The molecule has 0 radical (unpaired) electrons. The minimum Gasteiger partial charge on any atom is -0.402 e. The molecule has 0 heterocycles. The van der Waals surface area contributed by atoms with Crippen molar-refractivity contribution in [2.75, 3.05) is 0 Å². The monoisotopic (exact) mass is 221 g/mol. The summed E-state index contributed by atoms with van der Waals surface area (Å²) in [5.41, 5.74) is 1.76. The van der Waals surface area contributed by atoms with E-state index in [0.29, 0.717) is 5.70 Å². The van der Waals surface area contributed by atoms with Gasteiger partial charge in [-0.1, -0.05) is 19.1 Å². The molecule has 0 aliphatic heterocycles. The second kappa shape index (κ2) is 4.13. The number of allylic oxidation sites excluding steroid dienone is 4. The summed E-state index contributed by atoms with van der Waals surface area (Å²) in [5, 5.41) is 0. The Morgan fingerprint density at radius 2 is 2.07 bits per heavy atom. The van der Waals surface area contributed by atoms with Gasteiger partial charge >= 0.3 is 5.51 Å². The van der Waals surface area contributed by atoms with Gasteiger partial charge < -0.3 is 5.73 Å². The Bertz CT molecular complexity index is 302. The van der Waals surface area contributed by atoms with Gasteiger partial charge in [0.2, 0.25) is 0 Å². The van der Waals surface area contributed by atoms with Crippen molar-refractivity contribution in [3.05, 3.63) is 34.9 Å². The number of halogens is 3. The molecule has 0 bridgehead atoms. The topological polar surface area (TPSA) is 26.0 Å². The van der Waals surface area contributed by atoms with Crippen molar-refractivity contribution in [1.82, 2.24) is 0 Å². The maximum Gasteiger partial charge on any atom is 0.446 e. The number of hydrogen-bond acceptors (Lipinski definition) is 2. The second-order valence-corrected chi connectivity index (χ2v) is 4.07. The molecule has 0 aromatic heterocycles. The van der Waals surface area contributed by atoms with Crippen molar-refractivity contribution < 1.29 is 13.2 Å². The molecule has 0 spiro atoms. The molecule has 1 nitrogen and oxygen atoms in total. The molecule has 78 valence electrons. The van der Waals surface area contributed by atoms with E-state index in [9.17, 15) is 13.2 Å². The van der Waals surface area contributed by atoms with Crippen LogP contribution in [-0.4, -0.2) is 5.51 Å². The summed E-state index contributed by atoms with van der Waals surface area (Å²) < 4.78 is 36.1. The van der Waals surface area contributed by atoms with Crippen molar-refractivity contribution in [1.29, 1.82) is 0 Å². The first-order valence-corrected chi connectivity index (χ1v) is 4.81. The van der Waals surface area contributed by atoms with Crippen LogP contribution >= 0.6 is 11.8 Å². The summed E-state index contributed by atoms with van der Waals surface area (Å²) in [7, 11) is 0. The fourth-order valence-corrected chi connectivity index (χ4v) is 1.58. The molecule has 0 saturated heterocycles. The second-order valence-electron chi connectivity index (χ2n) is 2.93. The lowest BCUT2D eigenvalue weighted by Gasteiger charge is -2.07. The lowest BCUT2D eigenvalue weighted by Crippen LogP contribution is -2.06. The fraction of sp³-hybridized carbons (Fsp3) is 0.333. The largest absolute Gasteiger partial charge is 0.446 e. The van der Waals surface area contributed by atoms with Crippen LogP contribution in [0, 0.1) is 5.92 Å². The molecule has 14 heavy (non-hydrogen) atoms. The highest BCUT2D eigenvalue weighted by Gasteiger charge is 2.30. The van der Waals surface area contributed by atoms with Gasteiger partial charge in [-0.3, -0.25) is 0 Å². The van der Waals surface area contributed by atoms with Crippen LogP contribution < -0.4 is 5.73 Å². The standard InChI is InChI=1S/C9H10F3NS/c1-6-3-2-4-7(5-8(6)13)14-9(10,11)12/h2-6H,13H2,1H3. The molecule has 0 aromatic carbocycles. The quantitative estimate of drug-likeness (QED) is 0.736. The number of hydrogen-bond donors (Lipinski definition) is 1. The van der Waals surface area contributed by atoms with E-state index < -0.39 is 5.51 Å². The van der Waals surface area contributed by atoms with Crippen LogP contribution in [-0.2, 0) is 0 Å². The van der Waals surface area contributed by atoms with Gasteiger partial charge in [0.15, 0.2) is 0 Å². The van der Waals surface area contributed by atoms with Crippen LogP contribution in [0.25, 0.3) is 0 Å². The Hall–Kier alpha value is -0.840. The van der Waals surface area contributed by atoms with Crippen molar-refractivity contribution >= 4 is 11.8 Å². The van der Waals surface area contributed by atoms with Crippen LogP contribution in [0.3, 0.4) is 0 Å². The molecule has 5 heteroatoms. The van der Waals surface area contributed by atoms with Crippen LogP contribution in [0.5, 0.6) is 0 Å². The zero-order chi connectivity index (χ0) is 10.8. The first kappa shape index (κ1) is 11.2. The molecule has 1 unspecified atom stereocenters. The van der Waals surface area contributed by atoms with E-state index in [2.05, 4.69) is 0 Å². The zero-order valence-corrected chi connectivity index (χ0v) is 8.32. The van der Waals surface area contributed by atoms with Gasteiger partial charge in [-0.15, -0.1) is 0 Å². The smallest absolute Gasteiger partial charge is 0.402 e. The lowest BCUT2D eigenvalue weighted by molar-refractivity contribution is -0.0321. The molecular formula is C9H10F3NS. The van der Waals surface area contributed by atoms with Gasteiger partial charge in [-0.2, -0.15) is 13.2 Å². The number of rotatable bonds is 1. The molecule has 1 aliphatic rings. The van der Waals surface area contributed by atoms with Gasteiger partial charge in [0.1, 0.15) is 0 Å². The first-order chi connectivity index (χ1) is 6.38. The third kappa shape index (κ3) is 3.49. The SMILES string of the molecule is CC1C=CC=C(SC(F)(F)F)C=C1N. The Morgan fingerprint density at radius 1 is 1.43 bits per heavy atom. The van der Waals surface area contributed by atoms with Crippen LogP contribution in [0.4, 0.5) is 13.2 Å². The fourth-order valence-electron chi connectivity index (χ4n) is 0.969. The van der Waals surface area contributed by atoms with E-state index >= 15 is 0 Å². The van der Waals surface area contributed by atoms with E-state index in [1.54, 1.807) is 12.2 Å². The summed E-state index contributed by atoms with van der Waals surface area (Å²) in [6.07, 6.45) is 6.13. The number of alkyl halides is 3. The average molecular weight is 221 g/mol. The summed E-state index contributed by atoms with van der Waals surface area (Å²) in [6.45, 7) is 1.83. The van der Waals surface area contributed by atoms with Crippen LogP contribution in [0.2, 0.25) is 0 Å². The van der Waals surface area contributed by atoms with E-state index in [0.717, 1.165) is 0 Å². The average Bonchev–Trinajstić information content (AvgIpc) is 2.12. The summed E-state index contributed by atoms with van der Waals surface area (Å²) in [4.78, 5) is 0.121. The zero-order valence-electron chi connectivity index (χ0n) is 7.51. The van der Waals surface area contributed by atoms with Crippen LogP contribution in [0.1, 0.15) is 6.92 Å². The predicted octanol–water partition coefficient (Wildman–Crippen LogP) is 3.17. The minimum atomic E-state index is -4.26. The highest BCUT2D eigenvalue weighted by atomic mass is 32.2. The van der Waals surface area contributed by atoms with Crippen molar-refractivity contribution in [3.8, 4) is 0 Å². The maximum atomic E-state index is 12.0. The molecule has 0 saturated carbocycles. The van der Waals surface area contributed by atoms with Crippen molar-refractivity contribution in [2.24, 2.45) is 11.7 Å². The third-order valence-corrected chi connectivity index (χ3v) is 2.45. The van der Waals surface area contributed by atoms with E-state index in [4.69, 9.17) is 5.73 Å². The number of nitrogens with two attached hydrogens (primary N) is 1. The molecule has 1 aliphatic carbocycles. The van der Waals surface area contributed by atoms with Crippen molar-refractivity contribution in [2.45, 2.75) is 12.4 Å². The van der Waals surface area contributed by atoms with E-state index in [1.165, 1.54) is 12.2 Å². The highest BCUT2D eigenvalue weighted by molar-refractivity contribution is 8.04. The maximum absolute atomic E-state index is 12.0. The van der Waals surface area contributed by atoms with Gasteiger partial charge in [-0.05, 0) is 23.9 Å². The third-order valence-electron chi connectivity index (χ3n) is 1.73. The van der Waals surface area contributed by atoms with E-state index in [-0.39, 0.29) is 22.6 Å². The van der Waals surface area contributed by atoms with Gasteiger partial charge in [-0.25, -0.2) is 0 Å². The van der Waals surface area contributed by atoms with Gasteiger partial charge in [0.05, 0.1) is 0 Å². The predicted molar refractivity (Wildman–Crippen MR) is 52.3 cm³/mol. The molecule has 1 atom stereocenters. The molecule has 0 amide bonds. The van der Waals surface area contributed by atoms with Crippen LogP contribution in [0.15, 0.2) is 34.9 Å². The number of thioether (sulfide) groups is 1. The molecule has 0 aromatic rings. The first-order valence-electron chi connectivity index (χ1n) is 4.00. The molecule has 0 fully saturated rings. The molecular weight excluding hydrogens is 211 g/mol. The minimum absolute atomic E-state index is 0.0161. The summed E-state index contributed by atoms with van der Waals surface area (Å²) in [5.74, 6) is -0.0161. The summed E-state index contributed by atoms with van der Waals surface area (Å²) in [6, 6.07) is 0. The Morgan fingerprint density at radius 3 is 2.64 bits per heavy atom. The summed E-state index contributed by atoms with van der Waals surface area (Å²) >= 11 is -0.150. The Kier molecular flexibility index (Phi) is 3.31. The molecule has 1 rings (SSSR count). The van der Waals surface area contributed by atoms with Gasteiger partial charge in [0.25, 0.3) is 0 Å². The normalized spacial score (nSPS) is 22.7. The highest BCUT2D eigenvalue weighted by Crippen LogP contribution is 2.38.